The van der Waals surface area contributed by atoms with Gasteiger partial charge in [0.15, 0.2) is 5.84 Å². The average Bonchev–Trinajstić information content (AvgIpc) is 2.40. The fourth-order valence-electron chi connectivity index (χ4n) is 1.59. The van der Waals surface area contributed by atoms with Crippen LogP contribution in [0.3, 0.4) is 0 Å². The first-order valence-electron chi connectivity index (χ1n) is 6.15. The van der Waals surface area contributed by atoms with E-state index in [0.717, 1.165) is 19.3 Å². The molecule has 4 N–H and O–H groups in total. The van der Waals surface area contributed by atoms with Gasteiger partial charge in [-0.25, -0.2) is 0 Å². The Morgan fingerprint density at radius 1 is 1.47 bits per heavy atom. The number of nitrogens with two attached hydrogens (primary N) is 1. The second-order valence-electron chi connectivity index (χ2n) is 4.19. The van der Waals surface area contributed by atoms with E-state index in [1.807, 2.05) is 0 Å². The minimum atomic E-state index is -0.0907. The molecule has 0 radical (unpaired) electrons. The lowest BCUT2D eigenvalue weighted by molar-refractivity contribution is -0.116. The monoisotopic (exact) mass is 283 g/mol. The largest absolute Gasteiger partial charge is 0.409 e. The van der Waals surface area contributed by atoms with Gasteiger partial charge in [-0.1, -0.05) is 36.5 Å². The minimum Gasteiger partial charge on any atom is -0.409 e. The van der Waals surface area contributed by atoms with Crippen molar-refractivity contribution in [3.63, 3.8) is 0 Å². The van der Waals surface area contributed by atoms with Crippen LogP contribution in [-0.4, -0.2) is 17.0 Å². The highest BCUT2D eigenvalue weighted by Crippen LogP contribution is 2.23. The highest BCUT2D eigenvalue weighted by Gasteiger charge is 2.08. The molecule has 1 amide bonds. The summed E-state index contributed by atoms with van der Waals surface area (Å²) in [5, 5.41) is 14.7. The molecule has 0 fully saturated rings. The molecule has 0 aliphatic carbocycles. The first-order chi connectivity index (χ1) is 9.08. The van der Waals surface area contributed by atoms with Crippen LogP contribution in [-0.2, 0) is 4.79 Å². The van der Waals surface area contributed by atoms with Crippen LogP contribution >= 0.6 is 11.6 Å². The van der Waals surface area contributed by atoms with Gasteiger partial charge in [-0.15, -0.1) is 0 Å². The third kappa shape index (κ3) is 4.79. The average molecular weight is 284 g/mol. The molecule has 0 spiro atoms. The van der Waals surface area contributed by atoms with Crippen LogP contribution in [0.15, 0.2) is 23.4 Å². The maximum Gasteiger partial charge on any atom is 0.224 e. The van der Waals surface area contributed by atoms with Crippen molar-refractivity contribution in [2.45, 2.75) is 32.6 Å². The molecule has 0 aliphatic rings. The SMILES string of the molecule is CCCCCC(=O)Nc1cc(C(N)=NO)ccc1Cl. The normalized spacial score (nSPS) is 11.4. The summed E-state index contributed by atoms with van der Waals surface area (Å²) in [7, 11) is 0. The van der Waals surface area contributed by atoms with Gasteiger partial charge < -0.3 is 16.3 Å². The molecule has 1 aromatic carbocycles. The van der Waals surface area contributed by atoms with Gasteiger partial charge in [0.1, 0.15) is 0 Å². The van der Waals surface area contributed by atoms with E-state index in [-0.39, 0.29) is 11.7 Å². The smallest absolute Gasteiger partial charge is 0.224 e. The van der Waals surface area contributed by atoms with E-state index in [4.69, 9.17) is 22.5 Å². The number of hydrogen-bond donors (Lipinski definition) is 3. The van der Waals surface area contributed by atoms with Crippen molar-refractivity contribution in [2.24, 2.45) is 10.9 Å². The van der Waals surface area contributed by atoms with Crippen LogP contribution < -0.4 is 11.1 Å². The van der Waals surface area contributed by atoms with Crippen molar-refractivity contribution < 1.29 is 10.0 Å². The summed E-state index contributed by atoms with van der Waals surface area (Å²) in [4.78, 5) is 11.7. The highest BCUT2D eigenvalue weighted by molar-refractivity contribution is 6.33. The number of rotatable bonds is 6. The summed E-state index contributed by atoms with van der Waals surface area (Å²) in [6.45, 7) is 2.08. The number of unbranched alkanes of at least 4 members (excludes halogenated alkanes) is 2. The molecular weight excluding hydrogens is 266 g/mol. The summed E-state index contributed by atoms with van der Waals surface area (Å²) in [5.74, 6) is -0.120. The fourth-order valence-corrected chi connectivity index (χ4v) is 1.75. The van der Waals surface area contributed by atoms with E-state index in [1.165, 1.54) is 0 Å². The van der Waals surface area contributed by atoms with E-state index >= 15 is 0 Å². The number of nitrogens with one attached hydrogen (secondary N) is 1. The zero-order valence-electron chi connectivity index (χ0n) is 10.8. The van der Waals surface area contributed by atoms with Crippen LogP contribution in [0.4, 0.5) is 5.69 Å². The molecule has 0 atom stereocenters. The van der Waals surface area contributed by atoms with Crippen molar-refractivity contribution in [2.75, 3.05) is 5.32 Å². The Bertz CT molecular complexity index is 475. The molecule has 0 aromatic heterocycles. The van der Waals surface area contributed by atoms with Crippen molar-refractivity contribution in [3.05, 3.63) is 28.8 Å². The number of anilines is 1. The van der Waals surface area contributed by atoms with Crippen LogP contribution in [0, 0.1) is 0 Å². The predicted octanol–water partition coefficient (Wildman–Crippen LogP) is 2.95. The van der Waals surface area contributed by atoms with Gasteiger partial charge in [-0.3, -0.25) is 4.79 Å². The lowest BCUT2D eigenvalue weighted by atomic mass is 10.1. The first kappa shape index (κ1) is 15.3. The minimum absolute atomic E-state index is 0.0295. The van der Waals surface area contributed by atoms with Crippen LogP contribution in [0.5, 0.6) is 0 Å². The zero-order chi connectivity index (χ0) is 14.3. The van der Waals surface area contributed by atoms with Gasteiger partial charge in [0.2, 0.25) is 5.91 Å². The molecule has 1 aromatic rings. The second-order valence-corrected chi connectivity index (χ2v) is 4.59. The van der Waals surface area contributed by atoms with E-state index in [9.17, 15) is 4.79 Å². The number of amidine groups is 1. The second kappa shape index (κ2) is 7.63. The summed E-state index contributed by atoms with van der Waals surface area (Å²) >= 11 is 5.99. The number of carbonyl (C=O) groups is 1. The fraction of sp³-hybridized carbons (Fsp3) is 0.385. The summed E-state index contributed by atoms with van der Waals surface area (Å²) < 4.78 is 0. The number of amides is 1. The lowest BCUT2D eigenvalue weighted by Crippen LogP contribution is -2.15. The zero-order valence-corrected chi connectivity index (χ0v) is 11.6. The molecule has 0 unspecified atom stereocenters. The van der Waals surface area contributed by atoms with Gasteiger partial charge in [-0.05, 0) is 24.6 Å². The molecule has 0 heterocycles. The molecule has 0 bridgehead atoms. The van der Waals surface area contributed by atoms with Gasteiger partial charge in [-0.2, -0.15) is 0 Å². The van der Waals surface area contributed by atoms with Crippen molar-refractivity contribution >= 4 is 29.0 Å². The molecule has 0 saturated heterocycles. The van der Waals surface area contributed by atoms with E-state index < -0.39 is 0 Å². The number of nitrogens with zero attached hydrogens (tertiary/aromatic N) is 1. The Morgan fingerprint density at radius 2 is 2.21 bits per heavy atom. The highest BCUT2D eigenvalue weighted by atomic mass is 35.5. The Kier molecular flexibility index (Phi) is 6.15. The molecular formula is C13H18ClN3O2. The Balaban J connectivity index is 2.74. The molecule has 0 aliphatic heterocycles. The lowest BCUT2D eigenvalue weighted by Gasteiger charge is -2.09. The number of hydrogen-bond acceptors (Lipinski definition) is 3. The Hall–Kier alpha value is -1.75. The standard InChI is InChI=1S/C13H18ClN3O2/c1-2-3-4-5-12(18)16-11-8-9(13(15)17-19)6-7-10(11)14/h6-8,19H,2-5H2,1H3,(H2,15,17)(H,16,18). The maximum absolute atomic E-state index is 11.7. The number of benzene rings is 1. The predicted molar refractivity (Wildman–Crippen MR) is 76.7 cm³/mol. The number of carbonyl (C=O) groups excluding carboxylic acids is 1. The molecule has 19 heavy (non-hydrogen) atoms. The summed E-state index contributed by atoms with van der Waals surface area (Å²) in [6.07, 6.45) is 3.39. The molecule has 6 heteroatoms. The van der Waals surface area contributed by atoms with Gasteiger partial charge in [0, 0.05) is 12.0 Å². The topological polar surface area (TPSA) is 87.7 Å². The van der Waals surface area contributed by atoms with E-state index in [1.54, 1.807) is 18.2 Å². The third-order valence-corrected chi connectivity index (χ3v) is 2.98. The third-order valence-electron chi connectivity index (χ3n) is 2.65. The molecule has 5 nitrogen and oxygen atoms in total. The molecule has 104 valence electrons. The van der Waals surface area contributed by atoms with Crippen molar-refractivity contribution in [3.8, 4) is 0 Å². The van der Waals surface area contributed by atoms with E-state index in [2.05, 4.69) is 17.4 Å². The first-order valence-corrected chi connectivity index (χ1v) is 6.53. The van der Waals surface area contributed by atoms with Crippen molar-refractivity contribution in [1.82, 2.24) is 0 Å². The van der Waals surface area contributed by atoms with Gasteiger partial charge in [0.25, 0.3) is 0 Å². The quantitative estimate of drug-likeness (QED) is 0.247. The summed E-state index contributed by atoms with van der Waals surface area (Å²) in [6, 6.07) is 4.79. The van der Waals surface area contributed by atoms with E-state index in [0.29, 0.717) is 22.7 Å². The molecule has 1 rings (SSSR count). The van der Waals surface area contributed by atoms with Crippen LogP contribution in [0.1, 0.15) is 38.2 Å². The summed E-state index contributed by atoms with van der Waals surface area (Å²) in [5.41, 5.74) is 6.45. The number of oxime groups is 1. The Labute approximate surface area is 117 Å². The van der Waals surface area contributed by atoms with Crippen LogP contribution in [0.2, 0.25) is 5.02 Å². The van der Waals surface area contributed by atoms with Crippen molar-refractivity contribution in [1.29, 1.82) is 0 Å². The maximum atomic E-state index is 11.7. The van der Waals surface area contributed by atoms with Gasteiger partial charge in [0.05, 0.1) is 10.7 Å². The van der Waals surface area contributed by atoms with Gasteiger partial charge >= 0.3 is 0 Å². The number of halogens is 1. The Morgan fingerprint density at radius 3 is 2.84 bits per heavy atom. The van der Waals surface area contributed by atoms with Crippen LogP contribution in [0.25, 0.3) is 0 Å². The molecule has 0 saturated carbocycles.